The van der Waals surface area contributed by atoms with Crippen LogP contribution in [0.4, 0.5) is 0 Å². The molecule has 1 aliphatic rings. The van der Waals surface area contributed by atoms with Crippen molar-refractivity contribution < 1.29 is 4.79 Å². The molecule has 0 radical (unpaired) electrons. The number of allylic oxidation sites excluding steroid dienone is 7. The van der Waals surface area contributed by atoms with E-state index in [1.165, 1.54) is 24.0 Å². The zero-order valence-corrected chi connectivity index (χ0v) is 13.5. The maximum Gasteiger partial charge on any atom is 0.184 e. The van der Waals surface area contributed by atoms with Crippen LogP contribution in [-0.2, 0) is 4.79 Å². The summed E-state index contributed by atoms with van der Waals surface area (Å²) in [6.45, 7) is 3.78. The number of benzene rings is 1. The summed E-state index contributed by atoms with van der Waals surface area (Å²) in [4.78, 5) is 11.7. The third-order valence-corrected chi connectivity index (χ3v) is 3.80. The minimum Gasteiger partial charge on any atom is -0.289 e. The van der Waals surface area contributed by atoms with Crippen LogP contribution in [0, 0.1) is 0 Å². The molecule has 22 heavy (non-hydrogen) atoms. The fraction of sp³-hybridized carbons (Fsp3) is 0.286. The van der Waals surface area contributed by atoms with Crippen molar-refractivity contribution in [1.82, 2.24) is 0 Å². The Morgan fingerprint density at radius 2 is 1.55 bits per heavy atom. The monoisotopic (exact) mass is 292 g/mol. The molecular formula is C21H24O. The maximum absolute atomic E-state index is 11.7. The quantitative estimate of drug-likeness (QED) is 0.618. The van der Waals surface area contributed by atoms with Crippen LogP contribution in [0.3, 0.4) is 0 Å². The van der Waals surface area contributed by atoms with Gasteiger partial charge >= 0.3 is 0 Å². The average Bonchev–Trinajstić information content (AvgIpc) is 2.52. The van der Waals surface area contributed by atoms with Crippen LogP contribution in [0.1, 0.15) is 45.1 Å². The highest BCUT2D eigenvalue weighted by molar-refractivity contribution is 6.09. The number of ketones is 1. The fourth-order valence-corrected chi connectivity index (χ4v) is 2.56. The average molecular weight is 292 g/mol. The lowest BCUT2D eigenvalue weighted by molar-refractivity contribution is -0.112. The van der Waals surface area contributed by atoms with E-state index < -0.39 is 0 Å². The summed E-state index contributed by atoms with van der Waals surface area (Å²) in [5.74, 6) is 0.170. The van der Waals surface area contributed by atoms with Gasteiger partial charge in [0.25, 0.3) is 0 Å². The van der Waals surface area contributed by atoms with Crippen molar-refractivity contribution in [2.75, 3.05) is 0 Å². The van der Waals surface area contributed by atoms with Crippen LogP contribution in [-0.4, -0.2) is 5.78 Å². The van der Waals surface area contributed by atoms with E-state index in [4.69, 9.17) is 0 Å². The molecule has 1 aromatic carbocycles. The van der Waals surface area contributed by atoms with Crippen molar-refractivity contribution in [2.45, 2.75) is 39.5 Å². The summed E-state index contributed by atoms with van der Waals surface area (Å²) in [6, 6.07) is 10.4. The van der Waals surface area contributed by atoms with Crippen molar-refractivity contribution in [3.05, 3.63) is 76.9 Å². The molecule has 0 saturated heterocycles. The molecule has 1 aliphatic carbocycles. The minimum atomic E-state index is 0.170. The summed E-state index contributed by atoms with van der Waals surface area (Å²) in [5.41, 5.74) is 4.13. The van der Waals surface area contributed by atoms with E-state index in [1.54, 1.807) is 0 Å². The van der Waals surface area contributed by atoms with Gasteiger partial charge in [0.15, 0.2) is 5.78 Å². The minimum absolute atomic E-state index is 0.170. The van der Waals surface area contributed by atoms with Gasteiger partial charge in [-0.1, -0.05) is 48.6 Å². The highest BCUT2D eigenvalue weighted by atomic mass is 16.1. The summed E-state index contributed by atoms with van der Waals surface area (Å²) >= 11 is 0. The summed E-state index contributed by atoms with van der Waals surface area (Å²) in [5, 5.41) is 0. The topological polar surface area (TPSA) is 17.1 Å². The Labute approximate surface area is 133 Å². The Morgan fingerprint density at radius 3 is 2.23 bits per heavy atom. The largest absolute Gasteiger partial charge is 0.289 e. The smallest absolute Gasteiger partial charge is 0.184 e. The second-order valence-electron chi connectivity index (χ2n) is 5.79. The number of Topliss-reactive ketones (excluding diaryl/α,β-unsaturated/α-hetero) is 1. The van der Waals surface area contributed by atoms with Crippen LogP contribution in [0.15, 0.2) is 71.4 Å². The summed E-state index contributed by atoms with van der Waals surface area (Å²) in [6.07, 6.45) is 15.2. The van der Waals surface area contributed by atoms with Crippen LogP contribution in [0.5, 0.6) is 0 Å². The molecule has 0 bridgehead atoms. The lowest BCUT2D eigenvalue weighted by Gasteiger charge is -2.09. The second kappa shape index (κ2) is 8.33. The predicted octanol–water partition coefficient (Wildman–Crippen LogP) is 5.66. The van der Waals surface area contributed by atoms with Crippen molar-refractivity contribution in [3.8, 4) is 0 Å². The van der Waals surface area contributed by atoms with E-state index in [0.29, 0.717) is 0 Å². The molecule has 1 heteroatoms. The summed E-state index contributed by atoms with van der Waals surface area (Å²) in [7, 11) is 0. The van der Waals surface area contributed by atoms with Crippen LogP contribution in [0.2, 0.25) is 0 Å². The first-order valence-electron chi connectivity index (χ1n) is 8.00. The SMILES string of the molecule is CC1=CC(=CCCCC/C=C\c2ccccc2)C=C(C)C1=O. The van der Waals surface area contributed by atoms with Crippen LogP contribution < -0.4 is 0 Å². The van der Waals surface area contributed by atoms with Gasteiger partial charge in [0.05, 0.1) is 0 Å². The van der Waals surface area contributed by atoms with Crippen molar-refractivity contribution in [3.63, 3.8) is 0 Å². The van der Waals surface area contributed by atoms with E-state index in [2.05, 4.69) is 42.5 Å². The molecule has 0 atom stereocenters. The molecule has 0 saturated carbocycles. The normalized spacial score (nSPS) is 15.0. The zero-order chi connectivity index (χ0) is 15.8. The standard InChI is InChI=1S/C21H24O/c1-17-15-20(16-18(2)21(17)22)14-8-5-3-4-7-11-19-12-9-6-10-13-19/h6-7,9-16H,3-5,8H2,1-2H3/b11-7-. The highest BCUT2D eigenvalue weighted by Crippen LogP contribution is 2.19. The molecule has 0 spiro atoms. The molecule has 1 aromatic rings. The molecule has 0 heterocycles. The van der Waals surface area contributed by atoms with Gasteiger partial charge in [-0.15, -0.1) is 0 Å². The number of hydrogen-bond donors (Lipinski definition) is 0. The van der Waals surface area contributed by atoms with E-state index in [-0.39, 0.29) is 5.78 Å². The summed E-state index contributed by atoms with van der Waals surface area (Å²) < 4.78 is 0. The zero-order valence-electron chi connectivity index (χ0n) is 13.5. The van der Waals surface area contributed by atoms with Crippen molar-refractivity contribution in [2.24, 2.45) is 0 Å². The van der Waals surface area contributed by atoms with Gasteiger partial charge in [0.2, 0.25) is 0 Å². The molecule has 0 aromatic heterocycles. The number of unbranched alkanes of at least 4 members (excludes halogenated alkanes) is 3. The molecule has 1 nitrogen and oxygen atoms in total. The van der Waals surface area contributed by atoms with Gasteiger partial charge in [-0.3, -0.25) is 4.79 Å². The predicted molar refractivity (Wildman–Crippen MR) is 94.5 cm³/mol. The van der Waals surface area contributed by atoms with Crippen LogP contribution >= 0.6 is 0 Å². The Kier molecular flexibility index (Phi) is 6.14. The van der Waals surface area contributed by atoms with Gasteiger partial charge < -0.3 is 0 Å². The Bertz CT molecular complexity index is 603. The first-order chi connectivity index (χ1) is 10.7. The molecule has 0 N–H and O–H groups in total. The van der Waals surface area contributed by atoms with Gasteiger partial charge in [-0.25, -0.2) is 0 Å². The Balaban J connectivity index is 1.70. The first kappa shape index (κ1) is 16.2. The van der Waals surface area contributed by atoms with E-state index in [9.17, 15) is 4.79 Å². The van der Waals surface area contributed by atoms with Crippen molar-refractivity contribution in [1.29, 1.82) is 0 Å². The van der Waals surface area contributed by atoms with E-state index in [1.807, 2.05) is 32.1 Å². The van der Waals surface area contributed by atoms with Gasteiger partial charge in [-0.2, -0.15) is 0 Å². The third-order valence-electron chi connectivity index (χ3n) is 3.80. The van der Waals surface area contributed by atoms with Crippen LogP contribution in [0.25, 0.3) is 6.08 Å². The number of hydrogen-bond acceptors (Lipinski definition) is 1. The molecule has 0 fully saturated rings. The Hall–Kier alpha value is -2.15. The molecule has 0 amide bonds. The second-order valence-corrected chi connectivity index (χ2v) is 5.79. The molecule has 0 unspecified atom stereocenters. The maximum atomic E-state index is 11.7. The van der Waals surface area contributed by atoms with E-state index >= 15 is 0 Å². The van der Waals surface area contributed by atoms with Gasteiger partial charge in [0, 0.05) is 0 Å². The lowest BCUT2D eigenvalue weighted by Crippen LogP contribution is -2.05. The van der Waals surface area contributed by atoms with Crippen molar-refractivity contribution >= 4 is 11.9 Å². The van der Waals surface area contributed by atoms with Gasteiger partial charge in [-0.05, 0) is 74.0 Å². The number of rotatable bonds is 6. The third kappa shape index (κ3) is 5.00. The lowest BCUT2D eigenvalue weighted by atomic mass is 9.95. The molecule has 0 aliphatic heterocycles. The van der Waals surface area contributed by atoms with E-state index in [0.717, 1.165) is 24.0 Å². The number of carbonyl (C=O) groups is 1. The molecule has 2 rings (SSSR count). The molecule has 114 valence electrons. The highest BCUT2D eigenvalue weighted by Gasteiger charge is 2.11. The fourth-order valence-electron chi connectivity index (χ4n) is 2.56. The molecular weight excluding hydrogens is 268 g/mol. The first-order valence-corrected chi connectivity index (χ1v) is 8.00. The Morgan fingerprint density at radius 1 is 0.909 bits per heavy atom. The van der Waals surface area contributed by atoms with Gasteiger partial charge in [0.1, 0.15) is 0 Å². The number of carbonyl (C=O) groups excluding carboxylic acids is 1.